The van der Waals surface area contributed by atoms with Gasteiger partial charge in [-0.05, 0) is 37.0 Å². The molecule has 1 fully saturated rings. The van der Waals surface area contributed by atoms with Crippen molar-refractivity contribution in [2.75, 3.05) is 13.1 Å². The van der Waals surface area contributed by atoms with Crippen LogP contribution in [0, 0.1) is 13.8 Å². The van der Waals surface area contributed by atoms with E-state index in [2.05, 4.69) is 67.7 Å². The summed E-state index contributed by atoms with van der Waals surface area (Å²) in [5, 5.41) is 3.46. The third-order valence-electron chi connectivity index (χ3n) is 4.31. The number of aryl methyl sites for hydroxylation is 2. The Labute approximate surface area is 115 Å². The zero-order valence-corrected chi connectivity index (χ0v) is 11.7. The summed E-state index contributed by atoms with van der Waals surface area (Å²) in [5.74, 6) is 0. The number of hydrogen-bond acceptors (Lipinski definition) is 1. The Morgan fingerprint density at radius 2 is 1.63 bits per heavy atom. The normalized spacial score (nSPS) is 16.9. The Bertz CT molecular complexity index is 564. The van der Waals surface area contributed by atoms with Crippen LogP contribution >= 0.6 is 0 Å². The van der Waals surface area contributed by atoms with Crippen molar-refractivity contribution < 1.29 is 0 Å². The van der Waals surface area contributed by atoms with Crippen LogP contribution in [0.15, 0.2) is 48.5 Å². The third-order valence-corrected chi connectivity index (χ3v) is 4.31. The Hall–Kier alpha value is -1.60. The van der Waals surface area contributed by atoms with Crippen molar-refractivity contribution in [2.24, 2.45) is 0 Å². The van der Waals surface area contributed by atoms with Crippen molar-refractivity contribution in [1.29, 1.82) is 0 Å². The molecule has 0 radical (unpaired) electrons. The molecule has 0 spiro atoms. The van der Waals surface area contributed by atoms with Gasteiger partial charge >= 0.3 is 0 Å². The highest BCUT2D eigenvalue weighted by molar-refractivity contribution is 5.39. The number of benzene rings is 2. The lowest BCUT2D eigenvalue weighted by atomic mass is 9.69. The summed E-state index contributed by atoms with van der Waals surface area (Å²) in [7, 11) is 0. The number of hydrogen-bond donors (Lipinski definition) is 1. The first-order valence-electron chi connectivity index (χ1n) is 7.02. The van der Waals surface area contributed by atoms with E-state index in [1.165, 1.54) is 22.3 Å². The molecule has 1 aliphatic rings. The summed E-state index contributed by atoms with van der Waals surface area (Å²) < 4.78 is 0. The van der Waals surface area contributed by atoms with Gasteiger partial charge in [-0.2, -0.15) is 0 Å². The molecule has 1 aliphatic heterocycles. The predicted octanol–water partition coefficient (Wildman–Crippen LogP) is 3.39. The quantitative estimate of drug-likeness (QED) is 0.881. The Morgan fingerprint density at radius 1 is 0.947 bits per heavy atom. The Morgan fingerprint density at radius 3 is 2.21 bits per heavy atom. The van der Waals surface area contributed by atoms with Crippen molar-refractivity contribution in [3.8, 4) is 0 Å². The Kier molecular flexibility index (Phi) is 3.16. The maximum atomic E-state index is 3.46. The molecule has 19 heavy (non-hydrogen) atoms. The minimum absolute atomic E-state index is 0.292. The maximum absolute atomic E-state index is 3.46. The van der Waals surface area contributed by atoms with Crippen molar-refractivity contribution in [3.05, 3.63) is 70.8 Å². The molecule has 2 aromatic carbocycles. The highest BCUT2D eigenvalue weighted by Gasteiger charge is 2.39. The van der Waals surface area contributed by atoms with Gasteiger partial charge in [0.15, 0.2) is 0 Å². The van der Waals surface area contributed by atoms with E-state index in [0.717, 1.165) is 19.5 Å². The molecule has 0 aliphatic carbocycles. The van der Waals surface area contributed by atoms with Crippen LogP contribution in [-0.4, -0.2) is 13.1 Å². The average molecular weight is 251 g/mol. The van der Waals surface area contributed by atoms with Gasteiger partial charge in [0.25, 0.3) is 0 Å². The second kappa shape index (κ2) is 4.82. The largest absolute Gasteiger partial charge is 0.315 e. The van der Waals surface area contributed by atoms with Gasteiger partial charge in [-0.3, -0.25) is 0 Å². The molecule has 1 N–H and O–H groups in total. The molecular weight excluding hydrogens is 230 g/mol. The summed E-state index contributed by atoms with van der Waals surface area (Å²) >= 11 is 0. The average Bonchev–Trinajstić information content (AvgIpc) is 2.37. The zero-order chi connectivity index (χ0) is 13.3. The lowest BCUT2D eigenvalue weighted by molar-refractivity contribution is 0.273. The fourth-order valence-electron chi connectivity index (χ4n) is 3.10. The molecule has 0 unspecified atom stereocenters. The minimum Gasteiger partial charge on any atom is -0.315 e. The van der Waals surface area contributed by atoms with Crippen molar-refractivity contribution >= 4 is 0 Å². The first-order chi connectivity index (χ1) is 9.20. The first-order valence-corrected chi connectivity index (χ1v) is 7.02. The first kappa shape index (κ1) is 12.4. The summed E-state index contributed by atoms with van der Waals surface area (Å²) in [6.45, 7) is 6.55. The molecule has 1 heteroatoms. The molecule has 0 bridgehead atoms. The van der Waals surface area contributed by atoms with Crippen molar-refractivity contribution in [3.63, 3.8) is 0 Å². The molecule has 2 aromatic rings. The zero-order valence-electron chi connectivity index (χ0n) is 11.7. The van der Waals surface area contributed by atoms with E-state index >= 15 is 0 Å². The molecule has 1 saturated heterocycles. The third kappa shape index (κ3) is 2.31. The van der Waals surface area contributed by atoms with E-state index in [1.54, 1.807) is 0 Å². The topological polar surface area (TPSA) is 12.0 Å². The van der Waals surface area contributed by atoms with Crippen LogP contribution in [0.3, 0.4) is 0 Å². The number of nitrogens with one attached hydrogen (secondary N) is 1. The van der Waals surface area contributed by atoms with Crippen molar-refractivity contribution in [2.45, 2.75) is 25.7 Å². The van der Waals surface area contributed by atoms with Gasteiger partial charge in [0.1, 0.15) is 0 Å². The van der Waals surface area contributed by atoms with E-state index in [0.29, 0.717) is 5.41 Å². The SMILES string of the molecule is Cc1ccc(CC2(c3ccccc3C)CNC2)cc1. The Balaban J connectivity index is 1.92. The van der Waals surface area contributed by atoms with Crippen LogP contribution in [0.25, 0.3) is 0 Å². The van der Waals surface area contributed by atoms with Gasteiger partial charge in [-0.25, -0.2) is 0 Å². The van der Waals surface area contributed by atoms with E-state index in [-0.39, 0.29) is 0 Å². The molecule has 98 valence electrons. The predicted molar refractivity (Wildman–Crippen MR) is 80.6 cm³/mol. The van der Waals surface area contributed by atoms with Gasteiger partial charge in [-0.15, -0.1) is 0 Å². The van der Waals surface area contributed by atoms with E-state index in [4.69, 9.17) is 0 Å². The van der Waals surface area contributed by atoms with E-state index in [9.17, 15) is 0 Å². The molecule has 1 heterocycles. The fourth-order valence-corrected chi connectivity index (χ4v) is 3.10. The molecular formula is C18H21N. The maximum Gasteiger partial charge on any atom is 0.0245 e. The fraction of sp³-hybridized carbons (Fsp3) is 0.333. The van der Waals surface area contributed by atoms with E-state index < -0.39 is 0 Å². The lowest BCUT2D eigenvalue weighted by Crippen LogP contribution is -2.58. The number of rotatable bonds is 3. The van der Waals surface area contributed by atoms with Gasteiger partial charge in [-0.1, -0.05) is 54.1 Å². The second-order valence-electron chi connectivity index (χ2n) is 5.86. The molecule has 0 saturated carbocycles. The smallest absolute Gasteiger partial charge is 0.0245 e. The molecule has 3 rings (SSSR count). The second-order valence-corrected chi connectivity index (χ2v) is 5.86. The summed E-state index contributed by atoms with van der Waals surface area (Å²) in [6, 6.07) is 17.8. The van der Waals surface area contributed by atoms with Gasteiger partial charge in [0, 0.05) is 18.5 Å². The highest BCUT2D eigenvalue weighted by atomic mass is 15.0. The van der Waals surface area contributed by atoms with Crippen LogP contribution in [0.5, 0.6) is 0 Å². The van der Waals surface area contributed by atoms with Gasteiger partial charge in [0.05, 0.1) is 0 Å². The molecule has 0 aromatic heterocycles. The minimum atomic E-state index is 0.292. The van der Waals surface area contributed by atoms with Gasteiger partial charge in [0.2, 0.25) is 0 Å². The summed E-state index contributed by atoms with van der Waals surface area (Å²) in [4.78, 5) is 0. The van der Waals surface area contributed by atoms with E-state index in [1.807, 2.05) is 0 Å². The van der Waals surface area contributed by atoms with Gasteiger partial charge < -0.3 is 5.32 Å². The van der Waals surface area contributed by atoms with Crippen LogP contribution in [0.1, 0.15) is 22.3 Å². The molecule has 1 nitrogen and oxygen atoms in total. The highest BCUT2D eigenvalue weighted by Crippen LogP contribution is 2.34. The van der Waals surface area contributed by atoms with Crippen LogP contribution in [0.4, 0.5) is 0 Å². The van der Waals surface area contributed by atoms with Crippen molar-refractivity contribution in [1.82, 2.24) is 5.32 Å². The monoisotopic (exact) mass is 251 g/mol. The van der Waals surface area contributed by atoms with Crippen LogP contribution in [0.2, 0.25) is 0 Å². The lowest BCUT2D eigenvalue weighted by Gasteiger charge is -2.44. The summed E-state index contributed by atoms with van der Waals surface area (Å²) in [5.41, 5.74) is 5.99. The van der Waals surface area contributed by atoms with Crippen LogP contribution < -0.4 is 5.32 Å². The van der Waals surface area contributed by atoms with Crippen LogP contribution in [-0.2, 0) is 11.8 Å². The standard InChI is InChI=1S/C18H21N/c1-14-7-9-16(10-8-14)11-18(12-19-13-18)17-6-4-3-5-15(17)2/h3-10,19H,11-13H2,1-2H3. The summed E-state index contributed by atoms with van der Waals surface area (Å²) in [6.07, 6.45) is 1.13. The molecule has 0 atom stereocenters. The molecule has 0 amide bonds.